The van der Waals surface area contributed by atoms with Gasteiger partial charge in [-0.3, -0.25) is 0 Å². The SMILES string of the molecule is CCCCCCc1ccc(Cc2nc(-c3ccc(C(C)C)cc3)c(C)[nH]2)cc1. The minimum absolute atomic E-state index is 0.555. The fourth-order valence-electron chi connectivity index (χ4n) is 3.69. The topological polar surface area (TPSA) is 28.7 Å². The Kier molecular flexibility index (Phi) is 7.08. The first-order chi connectivity index (χ1) is 13.6. The van der Waals surface area contributed by atoms with Crippen LogP contribution in [-0.4, -0.2) is 9.97 Å². The van der Waals surface area contributed by atoms with Gasteiger partial charge in [-0.2, -0.15) is 0 Å². The van der Waals surface area contributed by atoms with E-state index in [0.717, 1.165) is 23.6 Å². The Bertz CT molecular complexity index is 854. The second kappa shape index (κ2) is 9.73. The van der Waals surface area contributed by atoms with Crippen molar-refractivity contribution < 1.29 is 0 Å². The van der Waals surface area contributed by atoms with Crippen LogP contribution >= 0.6 is 0 Å². The van der Waals surface area contributed by atoms with Crippen molar-refractivity contribution in [2.45, 2.75) is 72.1 Å². The number of benzene rings is 2. The number of nitrogens with zero attached hydrogens (tertiary/aromatic N) is 1. The molecular formula is C26H34N2. The Morgan fingerprint density at radius 3 is 2.18 bits per heavy atom. The molecule has 0 aliphatic heterocycles. The average molecular weight is 375 g/mol. The molecule has 2 nitrogen and oxygen atoms in total. The van der Waals surface area contributed by atoms with Crippen molar-refractivity contribution in [2.24, 2.45) is 0 Å². The summed E-state index contributed by atoms with van der Waals surface area (Å²) in [6, 6.07) is 17.9. The van der Waals surface area contributed by atoms with Gasteiger partial charge in [0.05, 0.1) is 5.69 Å². The normalized spacial score (nSPS) is 11.3. The van der Waals surface area contributed by atoms with Gasteiger partial charge in [0.1, 0.15) is 5.82 Å². The molecule has 0 radical (unpaired) electrons. The second-order valence-electron chi connectivity index (χ2n) is 8.24. The highest BCUT2D eigenvalue weighted by atomic mass is 14.9. The van der Waals surface area contributed by atoms with Gasteiger partial charge in [0, 0.05) is 17.7 Å². The Labute approximate surface area is 170 Å². The summed E-state index contributed by atoms with van der Waals surface area (Å²) in [5.74, 6) is 1.59. The number of nitrogens with one attached hydrogen (secondary N) is 1. The summed E-state index contributed by atoms with van der Waals surface area (Å²) in [5.41, 5.74) is 7.52. The lowest BCUT2D eigenvalue weighted by atomic mass is 10.0. The molecule has 2 aromatic carbocycles. The summed E-state index contributed by atoms with van der Waals surface area (Å²) in [7, 11) is 0. The van der Waals surface area contributed by atoms with Gasteiger partial charge in [0.15, 0.2) is 0 Å². The lowest BCUT2D eigenvalue weighted by Gasteiger charge is -2.06. The summed E-state index contributed by atoms with van der Waals surface area (Å²) in [5, 5.41) is 0. The van der Waals surface area contributed by atoms with E-state index in [1.165, 1.54) is 54.4 Å². The molecule has 0 atom stereocenters. The Hall–Kier alpha value is -2.35. The van der Waals surface area contributed by atoms with E-state index in [1.54, 1.807) is 0 Å². The zero-order valence-corrected chi connectivity index (χ0v) is 17.9. The predicted octanol–water partition coefficient (Wildman–Crippen LogP) is 7.22. The average Bonchev–Trinajstić information content (AvgIpc) is 3.06. The number of aromatic amines is 1. The van der Waals surface area contributed by atoms with Gasteiger partial charge in [0.25, 0.3) is 0 Å². The molecule has 1 N–H and O–H groups in total. The predicted molar refractivity (Wildman–Crippen MR) is 120 cm³/mol. The molecule has 0 saturated carbocycles. The van der Waals surface area contributed by atoms with Crippen LogP contribution in [0.1, 0.15) is 80.6 Å². The molecule has 0 amide bonds. The van der Waals surface area contributed by atoms with Crippen LogP contribution in [0.2, 0.25) is 0 Å². The first-order valence-corrected chi connectivity index (χ1v) is 10.8. The number of hydrogen-bond acceptors (Lipinski definition) is 1. The maximum Gasteiger partial charge on any atom is 0.111 e. The van der Waals surface area contributed by atoms with Crippen molar-refractivity contribution >= 4 is 0 Å². The maximum atomic E-state index is 4.89. The van der Waals surface area contributed by atoms with E-state index < -0.39 is 0 Å². The molecule has 3 rings (SSSR count). The zero-order chi connectivity index (χ0) is 19.9. The molecule has 0 spiro atoms. The molecule has 3 aromatic rings. The summed E-state index contributed by atoms with van der Waals surface area (Å²) >= 11 is 0. The largest absolute Gasteiger partial charge is 0.345 e. The minimum Gasteiger partial charge on any atom is -0.345 e. The lowest BCUT2D eigenvalue weighted by Crippen LogP contribution is -1.92. The first kappa shape index (κ1) is 20.4. The van der Waals surface area contributed by atoms with E-state index in [1.807, 2.05) is 0 Å². The van der Waals surface area contributed by atoms with Crippen LogP contribution in [0.4, 0.5) is 0 Å². The van der Waals surface area contributed by atoms with Gasteiger partial charge >= 0.3 is 0 Å². The quantitative estimate of drug-likeness (QED) is 0.393. The molecule has 148 valence electrons. The number of hydrogen-bond donors (Lipinski definition) is 1. The molecule has 0 saturated heterocycles. The molecular weight excluding hydrogens is 340 g/mol. The van der Waals surface area contributed by atoms with Crippen LogP contribution < -0.4 is 0 Å². The van der Waals surface area contributed by atoms with Gasteiger partial charge in [-0.1, -0.05) is 88.6 Å². The third-order valence-electron chi connectivity index (χ3n) is 5.50. The third kappa shape index (κ3) is 5.34. The van der Waals surface area contributed by atoms with E-state index in [4.69, 9.17) is 4.98 Å². The molecule has 28 heavy (non-hydrogen) atoms. The van der Waals surface area contributed by atoms with Crippen LogP contribution in [0.3, 0.4) is 0 Å². The molecule has 0 bridgehead atoms. The Balaban J connectivity index is 1.64. The number of aromatic nitrogens is 2. The highest BCUT2D eigenvalue weighted by Gasteiger charge is 2.10. The van der Waals surface area contributed by atoms with Gasteiger partial charge in [-0.05, 0) is 42.4 Å². The van der Waals surface area contributed by atoms with Crippen LogP contribution in [0, 0.1) is 6.92 Å². The van der Waals surface area contributed by atoms with Crippen LogP contribution in [-0.2, 0) is 12.8 Å². The second-order valence-corrected chi connectivity index (χ2v) is 8.24. The highest BCUT2D eigenvalue weighted by Crippen LogP contribution is 2.24. The van der Waals surface area contributed by atoms with E-state index in [9.17, 15) is 0 Å². The van der Waals surface area contributed by atoms with Gasteiger partial charge in [-0.25, -0.2) is 4.98 Å². The standard InChI is InChI=1S/C26H34N2/c1-5-6-7-8-9-21-10-12-22(13-11-21)18-25-27-20(4)26(28-25)24-16-14-23(15-17-24)19(2)3/h10-17,19H,5-9,18H2,1-4H3,(H,27,28). The van der Waals surface area contributed by atoms with E-state index in [-0.39, 0.29) is 0 Å². The summed E-state index contributed by atoms with van der Waals surface area (Å²) < 4.78 is 0. The zero-order valence-electron chi connectivity index (χ0n) is 17.9. The molecule has 0 aliphatic rings. The lowest BCUT2D eigenvalue weighted by molar-refractivity contribution is 0.667. The molecule has 0 unspecified atom stereocenters. The van der Waals surface area contributed by atoms with E-state index in [0.29, 0.717) is 5.92 Å². The van der Waals surface area contributed by atoms with Crippen molar-refractivity contribution in [1.29, 1.82) is 0 Å². The summed E-state index contributed by atoms with van der Waals surface area (Å²) in [6.07, 6.45) is 7.32. The van der Waals surface area contributed by atoms with Crippen molar-refractivity contribution in [3.8, 4) is 11.3 Å². The van der Waals surface area contributed by atoms with Crippen LogP contribution in [0.25, 0.3) is 11.3 Å². The Morgan fingerprint density at radius 1 is 0.857 bits per heavy atom. The number of unbranched alkanes of at least 4 members (excludes halogenated alkanes) is 3. The van der Waals surface area contributed by atoms with Crippen molar-refractivity contribution in [2.75, 3.05) is 0 Å². The van der Waals surface area contributed by atoms with Gasteiger partial charge in [0.2, 0.25) is 0 Å². The van der Waals surface area contributed by atoms with Crippen LogP contribution in [0.15, 0.2) is 48.5 Å². The number of H-pyrrole nitrogens is 1. The van der Waals surface area contributed by atoms with Gasteiger partial charge < -0.3 is 4.98 Å². The number of imidazole rings is 1. The highest BCUT2D eigenvalue weighted by molar-refractivity contribution is 5.62. The fourth-order valence-corrected chi connectivity index (χ4v) is 3.69. The van der Waals surface area contributed by atoms with E-state index >= 15 is 0 Å². The molecule has 0 fully saturated rings. The smallest absolute Gasteiger partial charge is 0.111 e. The third-order valence-corrected chi connectivity index (χ3v) is 5.50. The van der Waals surface area contributed by atoms with Crippen molar-refractivity contribution in [1.82, 2.24) is 9.97 Å². The maximum absolute atomic E-state index is 4.89. The number of rotatable bonds is 9. The summed E-state index contributed by atoms with van der Waals surface area (Å²) in [6.45, 7) is 8.83. The van der Waals surface area contributed by atoms with Gasteiger partial charge in [-0.15, -0.1) is 0 Å². The molecule has 0 aliphatic carbocycles. The molecule has 1 heterocycles. The fraction of sp³-hybridized carbons (Fsp3) is 0.423. The van der Waals surface area contributed by atoms with Crippen molar-refractivity contribution in [3.05, 3.63) is 76.7 Å². The first-order valence-electron chi connectivity index (χ1n) is 10.8. The summed E-state index contributed by atoms with van der Waals surface area (Å²) in [4.78, 5) is 8.37. The molecule has 2 heteroatoms. The Morgan fingerprint density at radius 2 is 1.54 bits per heavy atom. The van der Waals surface area contributed by atoms with Crippen molar-refractivity contribution in [3.63, 3.8) is 0 Å². The monoisotopic (exact) mass is 374 g/mol. The number of aryl methyl sites for hydroxylation is 2. The minimum atomic E-state index is 0.555. The molecule has 1 aromatic heterocycles. The van der Waals surface area contributed by atoms with Crippen LogP contribution in [0.5, 0.6) is 0 Å². The van der Waals surface area contributed by atoms with E-state index in [2.05, 4.69) is 81.2 Å².